The van der Waals surface area contributed by atoms with Gasteiger partial charge in [-0.3, -0.25) is 14.9 Å². The number of rotatable bonds is 10. The summed E-state index contributed by atoms with van der Waals surface area (Å²) in [6.07, 6.45) is 0.839. The van der Waals surface area contributed by atoms with E-state index >= 15 is 0 Å². The molecule has 0 aliphatic rings. The number of hydrogen-bond donors (Lipinski definition) is 2. The molecule has 202 valence electrons. The van der Waals surface area contributed by atoms with E-state index in [0.717, 1.165) is 28.0 Å². The highest BCUT2D eigenvalue weighted by molar-refractivity contribution is 5.81. The number of methoxy groups -OCH3 is 1. The molecule has 2 heterocycles. The van der Waals surface area contributed by atoms with Crippen LogP contribution in [0, 0.1) is 12.3 Å². The van der Waals surface area contributed by atoms with Gasteiger partial charge in [-0.2, -0.15) is 0 Å². The van der Waals surface area contributed by atoms with E-state index in [2.05, 4.69) is 9.88 Å². The summed E-state index contributed by atoms with van der Waals surface area (Å²) in [5, 5.41) is 13.3. The number of aliphatic hydroxyl groups excluding tert-OH is 1. The van der Waals surface area contributed by atoms with Gasteiger partial charge in [0.25, 0.3) is 5.56 Å². The van der Waals surface area contributed by atoms with E-state index in [4.69, 9.17) is 14.5 Å². The lowest BCUT2D eigenvalue weighted by molar-refractivity contribution is -0.151. The van der Waals surface area contributed by atoms with Crippen molar-refractivity contribution in [2.24, 2.45) is 12.5 Å². The molecule has 0 saturated heterocycles. The molecular formula is C28H40N4O5. The van der Waals surface area contributed by atoms with Crippen molar-refractivity contribution < 1.29 is 19.4 Å². The Morgan fingerprint density at radius 2 is 1.92 bits per heavy atom. The maximum Gasteiger partial charge on any atom is 0.325 e. The minimum absolute atomic E-state index is 0.0428. The van der Waals surface area contributed by atoms with E-state index in [1.807, 2.05) is 52.0 Å². The van der Waals surface area contributed by atoms with Crippen molar-refractivity contribution in [1.82, 2.24) is 19.4 Å². The lowest BCUT2D eigenvalue weighted by Gasteiger charge is -2.23. The van der Waals surface area contributed by atoms with Gasteiger partial charge in [0, 0.05) is 38.0 Å². The molecule has 2 N–H and O–H groups in total. The van der Waals surface area contributed by atoms with Crippen LogP contribution in [-0.2, 0) is 34.4 Å². The summed E-state index contributed by atoms with van der Waals surface area (Å²) in [5.41, 5.74) is 3.91. The van der Waals surface area contributed by atoms with Crippen molar-refractivity contribution in [3.8, 4) is 11.4 Å². The first kappa shape index (κ1) is 28.6. The maximum atomic E-state index is 12.6. The fraction of sp³-hybridized carbons (Fsp3) is 0.536. The predicted octanol–water partition coefficient (Wildman–Crippen LogP) is 3.17. The average Bonchev–Trinajstić information content (AvgIpc) is 3.17. The molecule has 37 heavy (non-hydrogen) atoms. The first-order chi connectivity index (χ1) is 17.3. The summed E-state index contributed by atoms with van der Waals surface area (Å²) >= 11 is 0. The number of benzene rings is 1. The highest BCUT2D eigenvalue weighted by Crippen LogP contribution is 2.26. The molecule has 3 aromatic rings. The second-order valence-corrected chi connectivity index (χ2v) is 11.0. The first-order valence-corrected chi connectivity index (χ1v) is 12.6. The number of esters is 1. The Hall–Kier alpha value is -3.01. The van der Waals surface area contributed by atoms with Crippen molar-refractivity contribution in [1.29, 1.82) is 0 Å². The summed E-state index contributed by atoms with van der Waals surface area (Å²) in [5.74, 6) is 0.270. The van der Waals surface area contributed by atoms with Gasteiger partial charge in [-0.05, 0) is 49.9 Å². The minimum Gasteiger partial charge on any atom is -0.464 e. The Morgan fingerprint density at radius 1 is 1.22 bits per heavy atom. The Balaban J connectivity index is 1.92. The summed E-state index contributed by atoms with van der Waals surface area (Å²) in [6.45, 7) is 12.5. The van der Waals surface area contributed by atoms with Crippen LogP contribution in [0.3, 0.4) is 0 Å². The van der Waals surface area contributed by atoms with Crippen molar-refractivity contribution in [2.45, 2.75) is 72.9 Å². The molecular weight excluding hydrogens is 472 g/mol. The zero-order valence-electron chi connectivity index (χ0n) is 23.2. The third kappa shape index (κ3) is 7.06. The van der Waals surface area contributed by atoms with Crippen LogP contribution in [-0.4, -0.2) is 57.2 Å². The van der Waals surface area contributed by atoms with Gasteiger partial charge < -0.3 is 23.7 Å². The molecule has 0 aliphatic heterocycles. The molecule has 3 atom stereocenters. The van der Waals surface area contributed by atoms with Crippen molar-refractivity contribution in [3.05, 3.63) is 51.9 Å². The van der Waals surface area contributed by atoms with Crippen LogP contribution in [0.1, 0.15) is 45.7 Å². The van der Waals surface area contributed by atoms with Gasteiger partial charge >= 0.3 is 5.97 Å². The largest absolute Gasteiger partial charge is 0.464 e. The van der Waals surface area contributed by atoms with E-state index in [0.29, 0.717) is 18.7 Å². The van der Waals surface area contributed by atoms with E-state index in [1.54, 1.807) is 38.8 Å². The molecule has 0 radical (unpaired) electrons. The molecule has 0 spiro atoms. The second kappa shape index (κ2) is 11.6. The molecule has 1 unspecified atom stereocenters. The lowest BCUT2D eigenvalue weighted by atomic mass is 9.98. The van der Waals surface area contributed by atoms with Gasteiger partial charge in [0.2, 0.25) is 0 Å². The quantitative estimate of drug-likeness (QED) is 0.402. The van der Waals surface area contributed by atoms with Crippen LogP contribution in [0.2, 0.25) is 0 Å². The third-order valence-corrected chi connectivity index (χ3v) is 6.19. The fourth-order valence-corrected chi connectivity index (χ4v) is 4.08. The van der Waals surface area contributed by atoms with Gasteiger partial charge in [0.05, 0.1) is 36.4 Å². The fourth-order valence-electron chi connectivity index (χ4n) is 4.08. The van der Waals surface area contributed by atoms with Gasteiger partial charge in [-0.25, -0.2) is 4.98 Å². The molecule has 2 aromatic heterocycles. The number of hydrogen-bond acceptors (Lipinski definition) is 7. The number of ether oxygens (including phenoxy) is 2. The first-order valence-electron chi connectivity index (χ1n) is 12.6. The number of fused-ring (bicyclic) bond motifs is 1. The van der Waals surface area contributed by atoms with Crippen molar-refractivity contribution >= 4 is 17.0 Å². The maximum absolute atomic E-state index is 12.6. The zero-order valence-corrected chi connectivity index (χ0v) is 23.2. The van der Waals surface area contributed by atoms with Gasteiger partial charge in [0.15, 0.2) is 0 Å². The predicted molar refractivity (Wildman–Crippen MR) is 144 cm³/mol. The summed E-state index contributed by atoms with van der Waals surface area (Å²) in [4.78, 5) is 29.8. The molecule has 9 heteroatoms. The number of nitrogens with zero attached hydrogens (tertiary/aromatic N) is 3. The zero-order chi connectivity index (χ0) is 27.5. The number of carbonyl (C=O) groups excluding carboxylic acids is 1. The highest BCUT2D eigenvalue weighted by atomic mass is 16.5. The summed E-state index contributed by atoms with van der Waals surface area (Å²) < 4.78 is 14.6. The monoisotopic (exact) mass is 512 g/mol. The number of carbonyl (C=O) groups is 1. The third-order valence-electron chi connectivity index (χ3n) is 6.19. The molecule has 0 bridgehead atoms. The molecule has 0 saturated carbocycles. The number of aliphatic hydroxyl groups is 1. The number of pyridine rings is 1. The smallest absolute Gasteiger partial charge is 0.325 e. The average molecular weight is 513 g/mol. The molecule has 0 aliphatic carbocycles. The van der Waals surface area contributed by atoms with Crippen LogP contribution in [0.5, 0.6) is 0 Å². The number of aromatic nitrogens is 3. The molecule has 0 amide bonds. The molecule has 9 nitrogen and oxygen atoms in total. The lowest BCUT2D eigenvalue weighted by Crippen LogP contribution is -2.46. The van der Waals surface area contributed by atoms with E-state index in [9.17, 15) is 14.7 Å². The number of imidazole rings is 1. The Bertz CT molecular complexity index is 1280. The Labute approximate surface area is 218 Å². The number of aryl methyl sites for hydroxylation is 2. The van der Waals surface area contributed by atoms with Crippen LogP contribution >= 0.6 is 0 Å². The van der Waals surface area contributed by atoms with Crippen LogP contribution in [0.15, 0.2) is 35.3 Å². The standard InChI is InChI=1S/C28H40N4O5/c1-17-11-21(15-31(7)26(17)34)25-30-22-12-20(9-10-23(22)32(25)14-18(2)36-8)13-29-24(19(3)33)27(35)37-16-28(4,5)6/h9-12,15,18-19,24,29,33H,13-14,16H2,1-8H3/t18?,19-,24+/m1/s1. The van der Waals surface area contributed by atoms with Crippen LogP contribution < -0.4 is 10.9 Å². The SMILES string of the molecule is COC(C)Cn1c(-c2cc(C)c(=O)n(C)c2)nc2cc(CN[C@H](C(=O)OCC(C)(C)C)[C@@H](C)O)ccc21. The summed E-state index contributed by atoms with van der Waals surface area (Å²) in [7, 11) is 3.41. The number of nitrogens with one attached hydrogen (secondary N) is 1. The molecule has 3 rings (SSSR count). The Kier molecular flexibility index (Phi) is 8.94. The van der Waals surface area contributed by atoms with Crippen LogP contribution in [0.4, 0.5) is 0 Å². The normalized spacial score (nSPS) is 14.5. The molecule has 0 fully saturated rings. The van der Waals surface area contributed by atoms with E-state index in [1.165, 1.54) is 0 Å². The minimum atomic E-state index is -0.912. The van der Waals surface area contributed by atoms with E-state index < -0.39 is 18.1 Å². The van der Waals surface area contributed by atoms with Gasteiger partial charge in [-0.1, -0.05) is 26.8 Å². The highest BCUT2D eigenvalue weighted by Gasteiger charge is 2.26. The van der Waals surface area contributed by atoms with Gasteiger partial charge in [0.1, 0.15) is 11.9 Å². The van der Waals surface area contributed by atoms with Gasteiger partial charge in [-0.15, -0.1) is 0 Å². The van der Waals surface area contributed by atoms with Crippen molar-refractivity contribution in [2.75, 3.05) is 13.7 Å². The van der Waals surface area contributed by atoms with Crippen molar-refractivity contribution in [3.63, 3.8) is 0 Å². The van der Waals surface area contributed by atoms with E-state index in [-0.39, 0.29) is 23.7 Å². The topological polar surface area (TPSA) is 108 Å². The Morgan fingerprint density at radius 3 is 2.51 bits per heavy atom. The second-order valence-electron chi connectivity index (χ2n) is 11.0. The van der Waals surface area contributed by atoms with Crippen LogP contribution in [0.25, 0.3) is 22.4 Å². The summed E-state index contributed by atoms with van der Waals surface area (Å²) in [6, 6.07) is 6.95. The molecule has 1 aromatic carbocycles.